The van der Waals surface area contributed by atoms with E-state index in [2.05, 4.69) is 14.7 Å². The summed E-state index contributed by atoms with van der Waals surface area (Å²) in [6, 6.07) is -0.719. The lowest BCUT2D eigenvalue weighted by Gasteiger charge is -2.12. The number of nitrogens with zero attached hydrogens (tertiary/aromatic N) is 2. The maximum absolute atomic E-state index is 12.0. The number of aliphatic carboxylic acids is 1. The van der Waals surface area contributed by atoms with Crippen LogP contribution in [0.4, 0.5) is 26.3 Å². The minimum atomic E-state index is -5.08. The van der Waals surface area contributed by atoms with E-state index in [0.717, 1.165) is 0 Å². The molecule has 0 saturated carbocycles. The first-order valence-electron chi connectivity index (χ1n) is 5.45. The van der Waals surface area contributed by atoms with Crippen molar-refractivity contribution < 1.29 is 45.9 Å². The van der Waals surface area contributed by atoms with Gasteiger partial charge in [-0.05, 0) is 6.42 Å². The van der Waals surface area contributed by atoms with E-state index >= 15 is 0 Å². The second kappa shape index (κ2) is 7.40. The molecule has 2 atom stereocenters. The molecule has 0 bridgehead atoms. The highest BCUT2D eigenvalue weighted by Crippen LogP contribution is 2.28. The number of rotatable bonds is 3. The largest absolute Gasteiger partial charge is 0.490 e. The molecule has 1 unspecified atom stereocenters. The number of aromatic nitrogens is 2. The van der Waals surface area contributed by atoms with Gasteiger partial charge in [0.05, 0.1) is 0 Å². The first-order valence-corrected chi connectivity index (χ1v) is 5.45. The molecule has 1 heterocycles. The monoisotopic (exact) mass is 339 g/mol. The molecule has 4 N–H and O–H groups in total. The van der Waals surface area contributed by atoms with Gasteiger partial charge in [-0.15, -0.1) is 0 Å². The zero-order valence-corrected chi connectivity index (χ0v) is 10.8. The molecule has 1 rings (SSSR count). The maximum atomic E-state index is 12.0. The van der Waals surface area contributed by atoms with Crippen molar-refractivity contribution in [3.05, 3.63) is 11.7 Å². The van der Waals surface area contributed by atoms with Crippen LogP contribution in [0.1, 0.15) is 31.2 Å². The molecular weight excluding hydrogens is 328 g/mol. The van der Waals surface area contributed by atoms with Gasteiger partial charge in [-0.2, -0.15) is 31.3 Å². The van der Waals surface area contributed by atoms with Gasteiger partial charge in [0.25, 0.3) is 0 Å². The standard InChI is InChI=1S/C7H10F3N3O2.C2HF3O2/c1-2-3(11)4(14)5-12-6(15-13-5)7(8,9)10;3-2(4,5)1(6)7/h3-4,14H,2,11H2,1H3;(H,6,7)/t3?,4-;/m0./s1. The summed E-state index contributed by atoms with van der Waals surface area (Å²) in [6.07, 6.45) is -10.8. The lowest BCUT2D eigenvalue weighted by molar-refractivity contribution is -0.192. The van der Waals surface area contributed by atoms with Crippen LogP contribution in [-0.2, 0) is 11.0 Å². The van der Waals surface area contributed by atoms with Gasteiger partial charge in [-0.25, -0.2) is 4.79 Å². The van der Waals surface area contributed by atoms with Crippen molar-refractivity contribution in [2.75, 3.05) is 0 Å². The molecule has 0 amide bonds. The SMILES string of the molecule is CCC(N)[C@H](O)c1noc(C(F)(F)F)n1.O=C(O)C(F)(F)F. The van der Waals surface area contributed by atoms with Crippen molar-refractivity contribution in [3.63, 3.8) is 0 Å². The highest BCUT2D eigenvalue weighted by atomic mass is 19.4. The van der Waals surface area contributed by atoms with Crippen LogP contribution in [-0.4, -0.2) is 38.5 Å². The van der Waals surface area contributed by atoms with Crippen LogP contribution in [0.2, 0.25) is 0 Å². The number of carboxylic acids is 1. The summed E-state index contributed by atoms with van der Waals surface area (Å²) >= 11 is 0. The number of aliphatic hydroxyl groups excluding tert-OH is 1. The molecule has 0 spiro atoms. The summed E-state index contributed by atoms with van der Waals surface area (Å²) in [5.74, 6) is -4.69. The number of carbonyl (C=O) groups is 1. The van der Waals surface area contributed by atoms with E-state index in [1.54, 1.807) is 6.92 Å². The van der Waals surface area contributed by atoms with Crippen molar-refractivity contribution in [3.8, 4) is 0 Å². The van der Waals surface area contributed by atoms with Crippen molar-refractivity contribution in [2.24, 2.45) is 5.73 Å². The van der Waals surface area contributed by atoms with Crippen LogP contribution >= 0.6 is 0 Å². The van der Waals surface area contributed by atoms with E-state index < -0.39 is 42.2 Å². The van der Waals surface area contributed by atoms with Crippen molar-refractivity contribution in [1.29, 1.82) is 0 Å². The van der Waals surface area contributed by atoms with Gasteiger partial charge >= 0.3 is 24.2 Å². The molecule has 0 fully saturated rings. The van der Waals surface area contributed by atoms with E-state index in [1.165, 1.54) is 0 Å². The first kappa shape index (κ1) is 20.1. The second-order valence-corrected chi connectivity index (χ2v) is 3.78. The van der Waals surface area contributed by atoms with Gasteiger partial charge in [-0.3, -0.25) is 0 Å². The summed E-state index contributed by atoms with van der Waals surface area (Å²) in [5, 5.41) is 19.5. The molecule has 13 heteroatoms. The molecule has 1 aromatic rings. The van der Waals surface area contributed by atoms with Crippen molar-refractivity contribution in [1.82, 2.24) is 10.1 Å². The molecule has 1 aromatic heterocycles. The van der Waals surface area contributed by atoms with Crippen LogP contribution in [0.15, 0.2) is 4.52 Å². The third kappa shape index (κ3) is 6.26. The minimum Gasteiger partial charge on any atom is -0.475 e. The third-order valence-electron chi connectivity index (χ3n) is 2.07. The van der Waals surface area contributed by atoms with Crippen LogP contribution in [0.5, 0.6) is 0 Å². The number of aliphatic hydroxyl groups is 1. The number of carboxylic acid groups (broad SMARTS) is 1. The molecule has 0 aliphatic carbocycles. The predicted octanol–water partition coefficient (Wildman–Crippen LogP) is 1.49. The minimum absolute atomic E-state index is 0.386. The molecular formula is C9H11F6N3O4. The third-order valence-corrected chi connectivity index (χ3v) is 2.07. The molecule has 7 nitrogen and oxygen atoms in total. The Labute approximate surface area is 118 Å². The van der Waals surface area contributed by atoms with E-state index in [-0.39, 0.29) is 0 Å². The van der Waals surface area contributed by atoms with Crippen LogP contribution in [0.3, 0.4) is 0 Å². The maximum Gasteiger partial charge on any atom is 0.490 e. The Morgan fingerprint density at radius 3 is 2.05 bits per heavy atom. The first-order chi connectivity index (χ1) is 9.80. The lowest BCUT2D eigenvalue weighted by Crippen LogP contribution is -2.28. The lowest BCUT2D eigenvalue weighted by atomic mass is 10.1. The van der Waals surface area contributed by atoms with E-state index in [1.807, 2.05) is 0 Å². The second-order valence-electron chi connectivity index (χ2n) is 3.78. The molecule has 0 aliphatic rings. The number of hydrogen-bond donors (Lipinski definition) is 3. The Hall–Kier alpha value is -1.89. The van der Waals surface area contributed by atoms with Gasteiger partial charge in [0.1, 0.15) is 6.10 Å². The smallest absolute Gasteiger partial charge is 0.475 e. The van der Waals surface area contributed by atoms with Crippen molar-refractivity contribution >= 4 is 5.97 Å². The van der Waals surface area contributed by atoms with Gasteiger partial charge < -0.3 is 20.5 Å². The molecule has 22 heavy (non-hydrogen) atoms. The Balaban J connectivity index is 0.000000534. The zero-order chi connectivity index (χ0) is 17.7. The molecule has 0 aliphatic heterocycles. The quantitative estimate of drug-likeness (QED) is 0.713. The fourth-order valence-electron chi connectivity index (χ4n) is 0.885. The van der Waals surface area contributed by atoms with E-state index in [9.17, 15) is 31.4 Å². The fraction of sp³-hybridized carbons (Fsp3) is 0.667. The topological polar surface area (TPSA) is 122 Å². The van der Waals surface area contributed by atoms with Gasteiger partial charge in [0.2, 0.25) is 5.82 Å². The summed E-state index contributed by atoms with van der Waals surface area (Å²) in [7, 11) is 0. The van der Waals surface area contributed by atoms with Gasteiger partial charge in [-0.1, -0.05) is 12.1 Å². The van der Waals surface area contributed by atoms with Crippen LogP contribution in [0.25, 0.3) is 0 Å². The Bertz CT molecular complexity index is 486. The molecule has 0 saturated heterocycles. The molecule has 0 radical (unpaired) electrons. The molecule has 128 valence electrons. The summed E-state index contributed by atoms with van der Waals surface area (Å²) in [4.78, 5) is 11.9. The van der Waals surface area contributed by atoms with Gasteiger partial charge in [0, 0.05) is 6.04 Å². The van der Waals surface area contributed by atoms with E-state index in [0.29, 0.717) is 6.42 Å². The van der Waals surface area contributed by atoms with Crippen LogP contribution < -0.4 is 5.73 Å². The predicted molar refractivity (Wildman–Crippen MR) is 56.2 cm³/mol. The highest BCUT2D eigenvalue weighted by molar-refractivity contribution is 5.73. The Kier molecular flexibility index (Phi) is 6.76. The summed E-state index contributed by atoms with van der Waals surface area (Å²) < 4.78 is 71.8. The number of alkyl halides is 6. The normalized spacial score (nSPS) is 14.8. The highest BCUT2D eigenvalue weighted by Gasteiger charge is 2.39. The average Bonchev–Trinajstić information content (AvgIpc) is 2.85. The number of halogens is 6. The van der Waals surface area contributed by atoms with Gasteiger partial charge in [0.15, 0.2) is 0 Å². The zero-order valence-electron chi connectivity index (χ0n) is 10.8. The summed E-state index contributed by atoms with van der Waals surface area (Å²) in [6.45, 7) is 1.68. The fourth-order valence-corrected chi connectivity index (χ4v) is 0.885. The number of hydrogen-bond acceptors (Lipinski definition) is 6. The summed E-state index contributed by atoms with van der Waals surface area (Å²) in [5.41, 5.74) is 5.41. The van der Waals surface area contributed by atoms with E-state index in [4.69, 9.17) is 15.6 Å². The Morgan fingerprint density at radius 1 is 1.32 bits per heavy atom. The average molecular weight is 339 g/mol. The molecule has 0 aromatic carbocycles. The van der Waals surface area contributed by atoms with Crippen LogP contribution in [0, 0.1) is 0 Å². The number of nitrogens with two attached hydrogens (primary N) is 1. The van der Waals surface area contributed by atoms with Crippen molar-refractivity contribution in [2.45, 2.75) is 37.8 Å². The Morgan fingerprint density at radius 2 is 1.77 bits per heavy atom.